The van der Waals surface area contributed by atoms with Gasteiger partial charge in [0, 0.05) is 30.8 Å². The number of hydrogen-bond donors (Lipinski definition) is 1. The zero-order chi connectivity index (χ0) is 19.4. The number of allylic oxidation sites excluding steroid dienone is 2. The Balaban J connectivity index is 2.06. The molecule has 7 heteroatoms. The predicted octanol–water partition coefficient (Wildman–Crippen LogP) is 1.78. The summed E-state index contributed by atoms with van der Waals surface area (Å²) >= 11 is 0. The van der Waals surface area contributed by atoms with Crippen LogP contribution in [0, 0.1) is 0 Å². The van der Waals surface area contributed by atoms with Crippen molar-refractivity contribution in [2.24, 2.45) is 0 Å². The van der Waals surface area contributed by atoms with E-state index in [1.165, 1.54) is 20.3 Å². The van der Waals surface area contributed by atoms with Gasteiger partial charge in [-0.05, 0) is 29.8 Å². The number of amides is 1. The number of carbonyl (C=O) groups is 3. The lowest BCUT2D eigenvalue weighted by molar-refractivity contribution is -0.139. The Kier molecular flexibility index (Phi) is 5.40. The van der Waals surface area contributed by atoms with Crippen LogP contribution in [-0.2, 0) is 23.9 Å². The van der Waals surface area contributed by atoms with Crippen molar-refractivity contribution in [2.45, 2.75) is 12.3 Å². The van der Waals surface area contributed by atoms with Crippen molar-refractivity contribution in [2.75, 3.05) is 25.7 Å². The fraction of sp³-hybridized carbons (Fsp3) is 0.250. The Morgan fingerprint density at radius 3 is 2.59 bits per heavy atom. The molecule has 1 aromatic rings. The molecule has 2 aliphatic heterocycles. The van der Waals surface area contributed by atoms with Gasteiger partial charge in [0.2, 0.25) is 5.91 Å². The average molecular weight is 368 g/mol. The minimum atomic E-state index is -0.658. The van der Waals surface area contributed by atoms with Crippen LogP contribution in [0.15, 0.2) is 60.0 Å². The monoisotopic (exact) mass is 368 g/mol. The molecule has 1 saturated heterocycles. The molecular formula is C20H20N2O5. The number of methoxy groups -OCH3 is 2. The van der Waals surface area contributed by atoms with Gasteiger partial charge in [-0.1, -0.05) is 18.2 Å². The maximum absolute atomic E-state index is 12.5. The fourth-order valence-electron chi connectivity index (χ4n) is 3.14. The van der Waals surface area contributed by atoms with E-state index in [0.717, 1.165) is 5.56 Å². The van der Waals surface area contributed by atoms with Crippen LogP contribution in [0.4, 0.5) is 5.69 Å². The summed E-state index contributed by atoms with van der Waals surface area (Å²) in [4.78, 5) is 37.8. The summed E-state index contributed by atoms with van der Waals surface area (Å²) in [5, 5.41) is 2.82. The first kappa shape index (κ1) is 18.4. The van der Waals surface area contributed by atoms with E-state index in [-0.39, 0.29) is 23.1 Å². The molecule has 0 saturated carbocycles. The number of nitrogens with one attached hydrogen (secondary N) is 1. The van der Waals surface area contributed by atoms with E-state index in [2.05, 4.69) is 5.32 Å². The minimum Gasteiger partial charge on any atom is -0.465 e. The van der Waals surface area contributed by atoms with Crippen LogP contribution in [0.3, 0.4) is 0 Å². The Morgan fingerprint density at radius 2 is 1.93 bits per heavy atom. The summed E-state index contributed by atoms with van der Waals surface area (Å²) in [7, 11) is 2.51. The molecule has 1 N–H and O–H groups in total. The number of ether oxygens (including phenoxy) is 2. The summed E-state index contributed by atoms with van der Waals surface area (Å²) in [6.07, 6.45) is 6.98. The Hall–Kier alpha value is -3.35. The summed E-state index contributed by atoms with van der Waals surface area (Å²) in [5.41, 5.74) is 1.80. The highest BCUT2D eigenvalue weighted by Crippen LogP contribution is 2.30. The minimum absolute atomic E-state index is 0.0207. The molecule has 1 unspecified atom stereocenters. The lowest BCUT2D eigenvalue weighted by atomic mass is 9.97. The average Bonchev–Trinajstić information content (AvgIpc) is 3.01. The third-order valence-corrected chi connectivity index (χ3v) is 4.49. The van der Waals surface area contributed by atoms with E-state index in [9.17, 15) is 14.4 Å². The number of carbonyl (C=O) groups excluding carboxylic acids is 3. The highest BCUT2D eigenvalue weighted by molar-refractivity contribution is 6.05. The molecule has 0 spiro atoms. The molecule has 140 valence electrons. The second-order valence-electron chi connectivity index (χ2n) is 6.12. The molecule has 2 aliphatic rings. The number of anilines is 1. The van der Waals surface area contributed by atoms with Gasteiger partial charge in [-0.15, -0.1) is 0 Å². The molecule has 27 heavy (non-hydrogen) atoms. The molecule has 1 fully saturated rings. The Morgan fingerprint density at radius 1 is 1.15 bits per heavy atom. The van der Waals surface area contributed by atoms with Crippen molar-refractivity contribution in [1.82, 2.24) is 5.32 Å². The van der Waals surface area contributed by atoms with Crippen molar-refractivity contribution in [1.29, 1.82) is 0 Å². The van der Waals surface area contributed by atoms with Crippen LogP contribution in [0.2, 0.25) is 0 Å². The molecule has 0 aliphatic carbocycles. The molecule has 1 atom stereocenters. The van der Waals surface area contributed by atoms with Crippen LogP contribution in [0.25, 0.3) is 0 Å². The number of benzene rings is 1. The second kappa shape index (κ2) is 7.90. The SMILES string of the molecule is COC(=O)C1=C(C(=O)OC)N(c2cccc(C3CNC(=O)C3)c2)C=CC=C1. The third kappa shape index (κ3) is 3.76. The quantitative estimate of drug-likeness (QED) is 0.816. The standard InChI is InChI=1S/C20H20N2O5/c1-26-19(24)16-8-3-4-9-22(18(16)20(25)27-2)15-7-5-6-13(10-15)14-11-17(23)21-12-14/h3-10,14H,11-12H2,1-2H3,(H,21,23). The van der Waals surface area contributed by atoms with E-state index >= 15 is 0 Å². The number of esters is 2. The van der Waals surface area contributed by atoms with Gasteiger partial charge in [0.1, 0.15) is 5.70 Å². The zero-order valence-corrected chi connectivity index (χ0v) is 15.1. The first-order valence-corrected chi connectivity index (χ1v) is 8.46. The maximum Gasteiger partial charge on any atom is 0.355 e. The Labute approximate surface area is 156 Å². The van der Waals surface area contributed by atoms with Gasteiger partial charge in [0.25, 0.3) is 0 Å². The second-order valence-corrected chi connectivity index (χ2v) is 6.12. The first-order valence-electron chi connectivity index (χ1n) is 8.46. The maximum atomic E-state index is 12.5. The molecule has 3 rings (SSSR count). The lowest BCUT2D eigenvalue weighted by Crippen LogP contribution is -2.27. The normalized spacial score (nSPS) is 19.0. The molecule has 1 aromatic carbocycles. The number of nitrogens with zero attached hydrogens (tertiary/aromatic N) is 1. The van der Waals surface area contributed by atoms with Gasteiger partial charge >= 0.3 is 11.9 Å². The van der Waals surface area contributed by atoms with Crippen molar-refractivity contribution in [3.8, 4) is 0 Å². The van der Waals surface area contributed by atoms with Crippen molar-refractivity contribution < 1.29 is 23.9 Å². The largest absolute Gasteiger partial charge is 0.465 e. The van der Waals surface area contributed by atoms with Gasteiger partial charge in [0.15, 0.2) is 0 Å². The predicted molar refractivity (Wildman–Crippen MR) is 98.6 cm³/mol. The van der Waals surface area contributed by atoms with Gasteiger partial charge in [-0.2, -0.15) is 0 Å². The van der Waals surface area contributed by atoms with Crippen LogP contribution < -0.4 is 10.2 Å². The molecule has 1 amide bonds. The summed E-state index contributed by atoms with van der Waals surface area (Å²) in [6, 6.07) is 7.52. The van der Waals surface area contributed by atoms with Crippen molar-refractivity contribution in [3.63, 3.8) is 0 Å². The third-order valence-electron chi connectivity index (χ3n) is 4.49. The highest BCUT2D eigenvalue weighted by atomic mass is 16.5. The van der Waals surface area contributed by atoms with E-state index in [0.29, 0.717) is 18.7 Å². The van der Waals surface area contributed by atoms with Crippen LogP contribution in [-0.4, -0.2) is 38.6 Å². The van der Waals surface area contributed by atoms with Gasteiger partial charge in [-0.25, -0.2) is 9.59 Å². The topological polar surface area (TPSA) is 84.9 Å². The molecule has 0 bridgehead atoms. The highest BCUT2D eigenvalue weighted by Gasteiger charge is 2.28. The molecule has 7 nitrogen and oxygen atoms in total. The van der Waals surface area contributed by atoms with E-state index < -0.39 is 11.9 Å². The smallest absolute Gasteiger partial charge is 0.355 e. The Bertz CT molecular complexity index is 869. The van der Waals surface area contributed by atoms with Crippen molar-refractivity contribution >= 4 is 23.5 Å². The van der Waals surface area contributed by atoms with E-state index in [1.807, 2.05) is 24.3 Å². The molecule has 2 heterocycles. The van der Waals surface area contributed by atoms with E-state index in [1.54, 1.807) is 23.3 Å². The van der Waals surface area contributed by atoms with Crippen LogP contribution >= 0.6 is 0 Å². The fourth-order valence-corrected chi connectivity index (χ4v) is 3.14. The van der Waals surface area contributed by atoms with Gasteiger partial charge in [-0.3, -0.25) is 4.79 Å². The number of rotatable bonds is 4. The van der Waals surface area contributed by atoms with Crippen LogP contribution in [0.1, 0.15) is 17.9 Å². The summed E-state index contributed by atoms with van der Waals surface area (Å²) in [5.74, 6) is -1.21. The molecule has 0 aromatic heterocycles. The van der Waals surface area contributed by atoms with Crippen LogP contribution in [0.5, 0.6) is 0 Å². The first-order chi connectivity index (χ1) is 13.0. The summed E-state index contributed by atoms with van der Waals surface area (Å²) in [6.45, 7) is 0.576. The van der Waals surface area contributed by atoms with Gasteiger partial charge in [0.05, 0.1) is 19.8 Å². The van der Waals surface area contributed by atoms with E-state index in [4.69, 9.17) is 9.47 Å². The molecular weight excluding hydrogens is 348 g/mol. The number of hydrogen-bond acceptors (Lipinski definition) is 6. The zero-order valence-electron chi connectivity index (χ0n) is 15.1. The lowest BCUT2D eigenvalue weighted by Gasteiger charge is -2.24. The molecule has 0 radical (unpaired) electrons. The van der Waals surface area contributed by atoms with Crippen molar-refractivity contribution in [3.05, 3.63) is 65.5 Å². The summed E-state index contributed by atoms with van der Waals surface area (Å²) < 4.78 is 9.71. The van der Waals surface area contributed by atoms with Gasteiger partial charge < -0.3 is 19.7 Å².